The average molecular weight is 848 g/mol. The van der Waals surface area contributed by atoms with Crippen molar-refractivity contribution in [2.45, 2.75) is 199 Å². The Morgan fingerprint density at radius 1 is 0.881 bits per heavy atom. The van der Waals surface area contributed by atoms with E-state index < -0.39 is 132 Å². The number of nitrogens with zero attached hydrogens (tertiary/aromatic N) is 1. The minimum Gasteiger partial charge on any atom is -0.466 e. The predicted molar refractivity (Wildman–Crippen MR) is 211 cm³/mol. The van der Waals surface area contributed by atoms with Crippen LogP contribution in [0, 0.1) is 23.7 Å². The molecule has 0 aromatic rings. The van der Waals surface area contributed by atoms with Crippen LogP contribution in [0.2, 0.25) is 0 Å². The van der Waals surface area contributed by atoms with Crippen molar-refractivity contribution >= 4 is 23.6 Å². The number of amides is 1. The summed E-state index contributed by atoms with van der Waals surface area (Å²) in [6, 6.07) is -0.838. The number of likely N-dealkylation sites (N-methyl/N-ethyl adjacent to an activating group) is 1. The summed E-state index contributed by atoms with van der Waals surface area (Å²) in [5.74, 6) is -6.43. The Bertz CT molecular complexity index is 1430. The van der Waals surface area contributed by atoms with Crippen LogP contribution in [-0.2, 0) is 52.3 Å². The zero-order valence-electron chi connectivity index (χ0n) is 37.3. The SMILES string of the molecule is CCOC(=O)CCC(=O)N(C)[C@H]1C[C@@H](C)O[C@@H](O[C@@H]2[C@@H](C)[C@H](O[C@H]3C[C@@](C)(OC)[C@@H](O)[C@H](C)O3)[C@@H](C)C(=O)O[C@H](CC)[C@@](C)(O)[C@H](O)[C@@H](C)C(=O)[C@H](C)C[C@@]2(C)O)[C@@H]1O. The number of ether oxygens (including phenoxy) is 7. The summed E-state index contributed by atoms with van der Waals surface area (Å²) < 4.78 is 42.1. The molecule has 3 aliphatic rings. The van der Waals surface area contributed by atoms with Crippen LogP contribution in [-0.4, -0.2) is 159 Å². The van der Waals surface area contributed by atoms with Gasteiger partial charge < -0.3 is 63.6 Å². The van der Waals surface area contributed by atoms with E-state index in [9.17, 15) is 44.7 Å². The van der Waals surface area contributed by atoms with Gasteiger partial charge in [-0.1, -0.05) is 27.7 Å². The zero-order valence-corrected chi connectivity index (χ0v) is 37.3. The monoisotopic (exact) mass is 847 g/mol. The highest BCUT2D eigenvalue weighted by Crippen LogP contribution is 2.41. The molecule has 0 bridgehead atoms. The maximum atomic E-state index is 14.2. The maximum Gasteiger partial charge on any atom is 0.311 e. The van der Waals surface area contributed by atoms with E-state index in [2.05, 4.69) is 0 Å². The lowest BCUT2D eigenvalue weighted by atomic mass is 9.74. The third kappa shape index (κ3) is 11.8. The third-order valence-corrected chi connectivity index (χ3v) is 12.9. The van der Waals surface area contributed by atoms with Crippen molar-refractivity contribution in [2.24, 2.45) is 23.7 Å². The molecule has 0 aliphatic carbocycles. The topological polar surface area (TPSA) is 237 Å². The lowest BCUT2D eigenvalue weighted by Crippen LogP contribution is -2.61. The van der Waals surface area contributed by atoms with Crippen LogP contribution < -0.4 is 0 Å². The van der Waals surface area contributed by atoms with Gasteiger partial charge >= 0.3 is 11.9 Å². The number of aliphatic hydroxyl groups is 5. The van der Waals surface area contributed by atoms with Crippen molar-refractivity contribution in [3.63, 3.8) is 0 Å². The number of hydrogen-bond donors (Lipinski definition) is 5. The van der Waals surface area contributed by atoms with Gasteiger partial charge in [0.15, 0.2) is 12.6 Å². The van der Waals surface area contributed by atoms with Crippen molar-refractivity contribution < 1.29 is 77.9 Å². The molecular formula is C42H73NO16. The highest BCUT2D eigenvalue weighted by molar-refractivity contribution is 5.83. The van der Waals surface area contributed by atoms with Gasteiger partial charge in [0.05, 0.1) is 66.7 Å². The fourth-order valence-corrected chi connectivity index (χ4v) is 9.08. The molecule has 5 N–H and O–H groups in total. The minimum atomic E-state index is -2.05. The van der Waals surface area contributed by atoms with Gasteiger partial charge in [-0.15, -0.1) is 0 Å². The van der Waals surface area contributed by atoms with Gasteiger partial charge in [0.1, 0.15) is 29.7 Å². The summed E-state index contributed by atoms with van der Waals surface area (Å²) >= 11 is 0. The van der Waals surface area contributed by atoms with E-state index in [0.717, 1.165) is 0 Å². The van der Waals surface area contributed by atoms with Crippen LogP contribution in [0.15, 0.2) is 0 Å². The van der Waals surface area contributed by atoms with Gasteiger partial charge in [0, 0.05) is 44.8 Å². The summed E-state index contributed by atoms with van der Waals surface area (Å²) in [4.78, 5) is 54.7. The van der Waals surface area contributed by atoms with E-state index >= 15 is 0 Å². The second kappa shape index (κ2) is 20.7. The lowest BCUT2D eigenvalue weighted by Gasteiger charge is -2.49. The number of Topliss-reactive ketones (excluding diaryl/α,β-unsaturated/α-hetero) is 1. The van der Waals surface area contributed by atoms with Crippen molar-refractivity contribution in [2.75, 3.05) is 20.8 Å². The van der Waals surface area contributed by atoms with Crippen molar-refractivity contribution in [3.8, 4) is 0 Å². The molecule has 3 heterocycles. The van der Waals surface area contributed by atoms with E-state index in [0.29, 0.717) is 0 Å². The molecule has 18 atom stereocenters. The molecule has 59 heavy (non-hydrogen) atoms. The Labute approximate surface area is 349 Å². The van der Waals surface area contributed by atoms with E-state index in [1.165, 1.54) is 39.8 Å². The summed E-state index contributed by atoms with van der Waals surface area (Å²) in [7, 11) is 2.96. The number of aliphatic hydroxyl groups excluding tert-OH is 3. The lowest BCUT2D eigenvalue weighted by molar-refractivity contribution is -0.317. The van der Waals surface area contributed by atoms with Crippen molar-refractivity contribution in [3.05, 3.63) is 0 Å². The molecule has 0 aromatic heterocycles. The normalized spacial score (nSPS) is 44.3. The number of rotatable bonds is 11. The predicted octanol–water partition coefficient (Wildman–Crippen LogP) is 2.03. The number of esters is 2. The quantitative estimate of drug-likeness (QED) is 0.187. The largest absolute Gasteiger partial charge is 0.466 e. The van der Waals surface area contributed by atoms with E-state index in [-0.39, 0.29) is 45.1 Å². The Kier molecular flexibility index (Phi) is 17.9. The summed E-state index contributed by atoms with van der Waals surface area (Å²) in [6.07, 6.45) is -12.0. The van der Waals surface area contributed by atoms with Crippen LogP contribution in [0.5, 0.6) is 0 Å². The number of hydrogen-bond acceptors (Lipinski definition) is 16. The fourth-order valence-electron chi connectivity index (χ4n) is 9.08. The second-order valence-corrected chi connectivity index (χ2v) is 17.8. The van der Waals surface area contributed by atoms with E-state index in [1.54, 1.807) is 55.4 Å². The highest BCUT2D eigenvalue weighted by Gasteiger charge is 2.53. The maximum absolute atomic E-state index is 14.2. The fraction of sp³-hybridized carbons (Fsp3) is 0.905. The molecule has 3 aliphatic heterocycles. The Balaban J connectivity index is 2.14. The second-order valence-electron chi connectivity index (χ2n) is 17.8. The van der Waals surface area contributed by atoms with Gasteiger partial charge in [0.2, 0.25) is 5.91 Å². The molecule has 1 amide bonds. The molecule has 0 aromatic carbocycles. The van der Waals surface area contributed by atoms with Gasteiger partial charge in [-0.3, -0.25) is 19.2 Å². The summed E-state index contributed by atoms with van der Waals surface area (Å²) in [6.45, 7) is 17.6. The number of methoxy groups -OCH3 is 1. The Morgan fingerprint density at radius 2 is 1.51 bits per heavy atom. The van der Waals surface area contributed by atoms with E-state index in [4.69, 9.17) is 33.2 Å². The van der Waals surface area contributed by atoms with Crippen molar-refractivity contribution in [1.82, 2.24) is 4.90 Å². The third-order valence-electron chi connectivity index (χ3n) is 12.9. The molecule has 0 saturated carbocycles. The minimum absolute atomic E-state index is 0.0317. The molecule has 17 heteroatoms. The number of cyclic esters (lactones) is 1. The number of carbonyl (C=O) groups excluding carboxylic acids is 4. The first-order valence-corrected chi connectivity index (χ1v) is 21.1. The molecule has 342 valence electrons. The molecule has 17 nitrogen and oxygen atoms in total. The van der Waals surface area contributed by atoms with Crippen LogP contribution in [0.3, 0.4) is 0 Å². The molecule has 0 radical (unpaired) electrons. The Morgan fingerprint density at radius 3 is 2.08 bits per heavy atom. The standard InChI is InChI=1S/C42H73NO16/c1-14-28-42(11,52)35(48)23(5)32(46)21(3)19-40(9,51)37(59-39-33(47)27(18-22(4)55-39)43(12)29(44)16-17-30(45)54-15-2)24(6)34(25(7)38(50)57-28)58-31-20-41(10,53-13)36(49)26(8)56-31/h21-28,31,33-37,39,47-49,51-52H,14-20H2,1-13H3/t21-,22-,23+,24+,25-,26+,27+,28-,31+,33-,34+,35-,36+,37-,39+,40-,41-,42-/m1/s1. The van der Waals surface area contributed by atoms with Crippen LogP contribution in [0.4, 0.5) is 0 Å². The van der Waals surface area contributed by atoms with Crippen molar-refractivity contribution in [1.29, 1.82) is 0 Å². The summed E-state index contributed by atoms with van der Waals surface area (Å²) in [5, 5.41) is 58.3. The summed E-state index contributed by atoms with van der Waals surface area (Å²) in [5.41, 5.74) is -5.09. The first kappa shape index (κ1) is 51.0. The first-order valence-electron chi connectivity index (χ1n) is 21.1. The van der Waals surface area contributed by atoms with Crippen LogP contribution in [0.25, 0.3) is 0 Å². The highest BCUT2D eigenvalue weighted by atomic mass is 16.7. The molecule has 0 spiro atoms. The average Bonchev–Trinajstić information content (AvgIpc) is 3.17. The van der Waals surface area contributed by atoms with Gasteiger partial charge in [-0.25, -0.2) is 0 Å². The van der Waals surface area contributed by atoms with Gasteiger partial charge in [-0.05, 0) is 67.7 Å². The van der Waals surface area contributed by atoms with E-state index in [1.807, 2.05) is 0 Å². The van der Waals surface area contributed by atoms with Gasteiger partial charge in [-0.2, -0.15) is 0 Å². The molecule has 3 fully saturated rings. The molecule has 3 rings (SSSR count). The van der Waals surface area contributed by atoms with Crippen LogP contribution >= 0.6 is 0 Å². The Hall–Kier alpha value is -2.32. The number of ketones is 1. The first-order chi connectivity index (χ1) is 27.3. The molecular weight excluding hydrogens is 774 g/mol. The number of carbonyl (C=O) groups is 4. The molecule has 0 unspecified atom stereocenters. The zero-order chi connectivity index (χ0) is 44.9. The van der Waals surface area contributed by atoms with Gasteiger partial charge in [0.25, 0.3) is 0 Å². The molecule has 3 saturated heterocycles. The van der Waals surface area contributed by atoms with Crippen LogP contribution in [0.1, 0.15) is 115 Å². The smallest absolute Gasteiger partial charge is 0.311 e.